The Kier molecular flexibility index (Phi) is 12.6. The predicted octanol–water partition coefficient (Wildman–Crippen LogP) is 0.431. The summed E-state index contributed by atoms with van der Waals surface area (Å²) in [7, 11) is 0. The van der Waals surface area contributed by atoms with Crippen LogP contribution in [-0.4, -0.2) is 63.8 Å². The minimum absolute atomic E-state index is 0.199. The average molecular weight is 387 g/mol. The van der Waals surface area contributed by atoms with E-state index in [1.807, 2.05) is 0 Å². The number of hydrogen-bond acceptors (Lipinski definition) is 5. The van der Waals surface area contributed by atoms with E-state index in [-0.39, 0.29) is 6.42 Å². The van der Waals surface area contributed by atoms with E-state index in [1.165, 1.54) is 6.92 Å². The van der Waals surface area contributed by atoms with E-state index >= 15 is 0 Å². The average Bonchev–Trinajstić information content (AvgIpc) is 2.36. The summed E-state index contributed by atoms with van der Waals surface area (Å²) in [6.07, 6.45) is -9.91. The highest BCUT2D eigenvalue weighted by Gasteiger charge is 2.38. The molecule has 0 aromatic rings. The van der Waals surface area contributed by atoms with Crippen molar-refractivity contribution in [2.24, 2.45) is 0 Å². The van der Waals surface area contributed by atoms with Crippen molar-refractivity contribution in [1.82, 2.24) is 5.32 Å². The van der Waals surface area contributed by atoms with Crippen molar-refractivity contribution in [3.63, 3.8) is 0 Å². The number of alkyl halides is 6. The first kappa shape index (κ1) is 27.0. The summed E-state index contributed by atoms with van der Waals surface area (Å²) in [5, 5.41) is 24.7. The van der Waals surface area contributed by atoms with Crippen LogP contribution in [0.4, 0.5) is 26.3 Å². The molecule has 0 saturated carbocycles. The number of aldehydes is 1. The first-order chi connectivity index (χ1) is 11.0. The van der Waals surface area contributed by atoms with Gasteiger partial charge in [-0.15, -0.1) is 0 Å². The number of halogens is 6. The van der Waals surface area contributed by atoms with Gasteiger partial charge in [0.05, 0.1) is 0 Å². The van der Waals surface area contributed by atoms with Crippen LogP contribution in [0.1, 0.15) is 13.3 Å². The van der Waals surface area contributed by atoms with Crippen LogP contribution in [0.3, 0.4) is 0 Å². The van der Waals surface area contributed by atoms with Crippen LogP contribution in [0.2, 0.25) is 0 Å². The largest absolute Gasteiger partial charge is 0.490 e. The smallest absolute Gasteiger partial charge is 0.480 e. The maximum atomic E-state index is 10.6. The molecule has 15 heteroatoms. The summed E-state index contributed by atoms with van der Waals surface area (Å²) in [6, 6.07) is -1.09. The number of aliphatic carboxylic acids is 3. The van der Waals surface area contributed by atoms with E-state index in [4.69, 9.17) is 24.9 Å². The number of hydrogen-bond donors (Lipinski definition) is 4. The molecule has 0 fully saturated rings. The Morgan fingerprint density at radius 2 is 1.20 bits per heavy atom. The highest BCUT2D eigenvalue weighted by molar-refractivity contribution is 5.83. The molecule has 1 unspecified atom stereocenters. The second kappa shape index (κ2) is 11.6. The molecule has 0 aliphatic carbocycles. The fourth-order valence-electron chi connectivity index (χ4n) is 0.563. The quantitative estimate of drug-likeness (QED) is 0.399. The van der Waals surface area contributed by atoms with Crippen molar-refractivity contribution in [2.75, 3.05) is 0 Å². The Hall–Kier alpha value is -2.87. The van der Waals surface area contributed by atoms with E-state index in [0.717, 1.165) is 0 Å². The fraction of sp³-hybridized carbons (Fsp3) is 0.500. The van der Waals surface area contributed by atoms with Crippen LogP contribution < -0.4 is 5.32 Å². The number of carbonyl (C=O) groups is 5. The highest BCUT2D eigenvalue weighted by Crippen LogP contribution is 2.13. The third kappa shape index (κ3) is 19.1. The molecule has 0 aliphatic rings. The SMILES string of the molecule is CC(=O)NC(CC=O)C(=O)O.O=C(O)C(F)(F)F.O=C(O)C(F)(F)F. The summed E-state index contributed by atoms with van der Waals surface area (Å²) in [5.41, 5.74) is 0. The Labute approximate surface area is 134 Å². The van der Waals surface area contributed by atoms with Crippen molar-refractivity contribution in [2.45, 2.75) is 31.7 Å². The van der Waals surface area contributed by atoms with Crippen LogP contribution >= 0.6 is 0 Å². The molecule has 0 heterocycles. The summed E-state index contributed by atoms with van der Waals surface area (Å²) < 4.78 is 63.5. The molecule has 4 N–H and O–H groups in total. The molecule has 1 atom stereocenters. The van der Waals surface area contributed by atoms with Gasteiger partial charge in [-0.25, -0.2) is 14.4 Å². The topological polar surface area (TPSA) is 158 Å². The second-order valence-electron chi connectivity index (χ2n) is 3.60. The molecule has 0 spiro atoms. The van der Waals surface area contributed by atoms with Gasteiger partial charge in [-0.05, 0) is 0 Å². The third-order valence-corrected chi connectivity index (χ3v) is 1.49. The van der Waals surface area contributed by atoms with Gasteiger partial charge in [0.1, 0.15) is 12.3 Å². The minimum atomic E-state index is -5.08. The van der Waals surface area contributed by atoms with Gasteiger partial charge in [0.15, 0.2) is 0 Å². The number of carboxylic acid groups (broad SMARTS) is 3. The monoisotopic (exact) mass is 387 g/mol. The molecular weight excluding hydrogens is 376 g/mol. The number of nitrogens with one attached hydrogen (secondary N) is 1. The highest BCUT2D eigenvalue weighted by atomic mass is 19.4. The van der Waals surface area contributed by atoms with Crippen LogP contribution in [-0.2, 0) is 24.0 Å². The van der Waals surface area contributed by atoms with Crippen molar-refractivity contribution < 1.29 is 65.6 Å². The van der Waals surface area contributed by atoms with E-state index < -0.39 is 42.2 Å². The summed E-state index contributed by atoms with van der Waals surface area (Å²) in [4.78, 5) is 48.3. The maximum absolute atomic E-state index is 10.6. The van der Waals surface area contributed by atoms with E-state index in [1.54, 1.807) is 0 Å². The standard InChI is InChI=1S/C6H9NO4.2C2HF3O2/c1-4(9)7-5(2-3-8)6(10)11;2*3-2(4,5)1(6)7/h3,5H,2H2,1H3,(H,7,9)(H,10,11);2*(H,6,7). The van der Waals surface area contributed by atoms with Gasteiger partial charge in [0, 0.05) is 13.3 Å². The first-order valence-electron chi connectivity index (χ1n) is 5.50. The number of rotatable bonds is 4. The van der Waals surface area contributed by atoms with Gasteiger partial charge in [0.25, 0.3) is 0 Å². The minimum Gasteiger partial charge on any atom is -0.480 e. The van der Waals surface area contributed by atoms with Crippen LogP contribution in [0.5, 0.6) is 0 Å². The molecule has 0 bridgehead atoms. The van der Waals surface area contributed by atoms with Gasteiger partial charge in [-0.3, -0.25) is 4.79 Å². The van der Waals surface area contributed by atoms with E-state index in [0.29, 0.717) is 6.29 Å². The molecule has 0 rings (SSSR count). The Balaban J connectivity index is -0.000000304. The van der Waals surface area contributed by atoms with Gasteiger partial charge < -0.3 is 25.4 Å². The molecule has 0 aliphatic heterocycles. The molecule has 0 saturated heterocycles. The zero-order chi connectivity index (χ0) is 21.0. The zero-order valence-electron chi connectivity index (χ0n) is 12.0. The fourth-order valence-corrected chi connectivity index (χ4v) is 0.563. The lowest BCUT2D eigenvalue weighted by atomic mass is 10.2. The molecule has 0 radical (unpaired) electrons. The molecule has 0 aromatic carbocycles. The maximum Gasteiger partial charge on any atom is 0.490 e. The van der Waals surface area contributed by atoms with Gasteiger partial charge in [0.2, 0.25) is 5.91 Å². The van der Waals surface area contributed by atoms with Crippen molar-refractivity contribution in [1.29, 1.82) is 0 Å². The van der Waals surface area contributed by atoms with Crippen LogP contribution in [0.15, 0.2) is 0 Å². The van der Waals surface area contributed by atoms with Crippen LogP contribution in [0, 0.1) is 0 Å². The lowest BCUT2D eigenvalue weighted by Crippen LogP contribution is -2.39. The number of amides is 1. The van der Waals surface area contributed by atoms with Gasteiger partial charge >= 0.3 is 30.3 Å². The van der Waals surface area contributed by atoms with Crippen molar-refractivity contribution >= 4 is 30.1 Å². The molecular formula is C10H11F6NO8. The van der Waals surface area contributed by atoms with E-state index in [9.17, 15) is 40.7 Å². The van der Waals surface area contributed by atoms with Gasteiger partial charge in [-0.1, -0.05) is 0 Å². The molecule has 1 amide bonds. The Morgan fingerprint density at radius 3 is 1.32 bits per heavy atom. The Bertz CT molecular complexity index is 463. The summed E-state index contributed by atoms with van der Waals surface area (Å²) >= 11 is 0. The number of carboxylic acids is 3. The van der Waals surface area contributed by atoms with E-state index in [2.05, 4.69) is 5.32 Å². The summed E-state index contributed by atoms with van der Waals surface area (Å²) in [5.74, 6) is -7.17. The molecule has 146 valence electrons. The third-order valence-electron chi connectivity index (χ3n) is 1.49. The van der Waals surface area contributed by atoms with Gasteiger partial charge in [-0.2, -0.15) is 26.3 Å². The van der Waals surface area contributed by atoms with Crippen molar-refractivity contribution in [3.8, 4) is 0 Å². The lowest BCUT2D eigenvalue weighted by molar-refractivity contribution is -0.193. The molecule has 25 heavy (non-hydrogen) atoms. The zero-order valence-corrected chi connectivity index (χ0v) is 12.0. The Morgan fingerprint density at radius 1 is 0.920 bits per heavy atom. The first-order valence-corrected chi connectivity index (χ1v) is 5.50. The lowest BCUT2D eigenvalue weighted by Gasteiger charge is -2.08. The summed E-state index contributed by atoms with van der Waals surface area (Å²) in [6.45, 7) is 1.20. The predicted molar refractivity (Wildman–Crippen MR) is 63.3 cm³/mol. The molecule has 0 aromatic heterocycles. The normalized spacial score (nSPS) is 11.5. The molecule has 9 nitrogen and oxygen atoms in total. The van der Waals surface area contributed by atoms with Crippen LogP contribution in [0.25, 0.3) is 0 Å². The second-order valence-corrected chi connectivity index (χ2v) is 3.60. The number of carbonyl (C=O) groups excluding carboxylic acids is 2. The van der Waals surface area contributed by atoms with Crippen molar-refractivity contribution in [3.05, 3.63) is 0 Å².